The molecule has 11 nitrogen and oxygen atoms in total. The van der Waals surface area contributed by atoms with Crippen molar-refractivity contribution in [1.29, 1.82) is 0 Å². The maximum Gasteiger partial charge on any atom is 0.302 e. The van der Waals surface area contributed by atoms with Crippen LogP contribution in [0.1, 0.15) is 104 Å². The highest BCUT2D eigenvalue weighted by molar-refractivity contribution is 5.84. The molecular weight excluding hydrogens is 769 g/mol. The summed E-state index contributed by atoms with van der Waals surface area (Å²) in [6.45, 7) is 2.10. The minimum Gasteiger partial charge on any atom is -0.508 e. The van der Waals surface area contributed by atoms with Crippen molar-refractivity contribution in [3.63, 3.8) is 0 Å². The first kappa shape index (κ1) is 39.7. The molecule has 1 spiro atoms. The third-order valence-electron chi connectivity index (χ3n) is 14.3. The first-order valence-corrected chi connectivity index (χ1v) is 22.1. The predicted octanol–water partition coefficient (Wildman–Crippen LogP) is 6.69. The number of likely N-dealkylation sites (N-methyl/N-ethyl adjacent to an activating group) is 1. The van der Waals surface area contributed by atoms with Gasteiger partial charge in [-0.15, -0.1) is 0 Å². The van der Waals surface area contributed by atoms with E-state index in [0.717, 1.165) is 100 Å². The number of hydrogen-bond acceptors (Lipinski definition) is 11. The first-order valence-electron chi connectivity index (χ1n) is 22.1. The van der Waals surface area contributed by atoms with Gasteiger partial charge in [-0.25, -0.2) is 0 Å². The number of carbonyl (C=O) groups is 1. The molecule has 7 atom stereocenters. The molecule has 2 fully saturated rings. The maximum atomic E-state index is 12.6. The number of nitrogens with one attached hydrogen (secondary N) is 3. The third-order valence-corrected chi connectivity index (χ3v) is 14.3. The number of allylic oxidation sites excluding steroid dienone is 3. The number of hydrogen-bond donors (Lipinski definition) is 6. The van der Waals surface area contributed by atoms with Crippen LogP contribution in [0.4, 0.5) is 0 Å². The molecule has 0 radical (unpaired) electrons. The minimum atomic E-state index is -0.622. The molecule has 4 bridgehead atoms. The average molecular weight is 825 g/mol. The average Bonchev–Trinajstić information content (AvgIpc) is 3.96. The van der Waals surface area contributed by atoms with Crippen molar-refractivity contribution in [3.8, 4) is 51.7 Å². The Morgan fingerprint density at radius 2 is 1.92 bits per heavy atom. The molecule has 0 aromatic heterocycles. The van der Waals surface area contributed by atoms with Gasteiger partial charge in [-0.3, -0.25) is 4.79 Å². The van der Waals surface area contributed by atoms with E-state index in [1.165, 1.54) is 19.8 Å². The van der Waals surface area contributed by atoms with Gasteiger partial charge in [0.2, 0.25) is 0 Å². The molecule has 2 saturated carbocycles. The number of esters is 1. The van der Waals surface area contributed by atoms with Crippen LogP contribution in [-0.2, 0) is 27.8 Å². The van der Waals surface area contributed by atoms with Crippen LogP contribution < -0.4 is 35.9 Å². The largest absolute Gasteiger partial charge is 0.508 e. The smallest absolute Gasteiger partial charge is 0.302 e. The quantitative estimate of drug-likeness (QED) is 0.112. The molecule has 61 heavy (non-hydrogen) atoms. The summed E-state index contributed by atoms with van der Waals surface area (Å²) < 4.78 is 26.3. The van der Waals surface area contributed by atoms with Crippen molar-refractivity contribution in [1.82, 2.24) is 16.0 Å². The monoisotopic (exact) mass is 824 g/mol. The molecule has 0 amide bonds. The van der Waals surface area contributed by atoms with E-state index in [1.54, 1.807) is 19.2 Å². The van der Waals surface area contributed by atoms with Gasteiger partial charge in [-0.05, 0) is 104 Å². The Bertz CT molecular complexity index is 2440. The predicted molar refractivity (Wildman–Crippen MR) is 234 cm³/mol. The summed E-state index contributed by atoms with van der Waals surface area (Å²) in [5.41, 5.74) is 15.6. The molecular formula is C50H56N4O7. The van der Waals surface area contributed by atoms with Gasteiger partial charge in [0.15, 0.2) is 11.5 Å². The number of methoxy groups -OCH3 is 1. The number of aromatic hydroxyl groups is 2. The number of rotatable bonds is 7. The Balaban J connectivity index is 1.21. The fraction of sp³-hybridized carbons (Fsp3) is 0.460. The highest BCUT2D eigenvalue weighted by Crippen LogP contribution is 2.63. The molecule has 4 heterocycles. The lowest BCUT2D eigenvalue weighted by Gasteiger charge is -2.39. The Kier molecular flexibility index (Phi) is 10.3. The van der Waals surface area contributed by atoms with Crippen molar-refractivity contribution < 1.29 is 34.0 Å². The van der Waals surface area contributed by atoms with E-state index in [0.29, 0.717) is 42.8 Å². The molecule has 3 aliphatic carbocycles. The van der Waals surface area contributed by atoms with Crippen LogP contribution >= 0.6 is 0 Å². The van der Waals surface area contributed by atoms with E-state index in [-0.39, 0.29) is 53.7 Å². The Hall–Kier alpha value is -5.41. The molecule has 318 valence electrons. The zero-order valence-corrected chi connectivity index (χ0v) is 35.2. The molecule has 3 aromatic rings. The van der Waals surface area contributed by atoms with E-state index >= 15 is 0 Å². The van der Waals surface area contributed by atoms with Gasteiger partial charge in [0.05, 0.1) is 30.9 Å². The molecule has 1 unspecified atom stereocenters. The van der Waals surface area contributed by atoms with Gasteiger partial charge in [-0.1, -0.05) is 49.1 Å². The van der Waals surface area contributed by atoms with Crippen LogP contribution in [-0.4, -0.2) is 67.8 Å². The lowest BCUT2D eigenvalue weighted by atomic mass is 9.65. The molecule has 3 aromatic carbocycles. The second-order valence-corrected chi connectivity index (χ2v) is 18.2. The summed E-state index contributed by atoms with van der Waals surface area (Å²) in [6.07, 6.45) is 16.4. The van der Waals surface area contributed by atoms with Crippen molar-refractivity contribution in [2.75, 3.05) is 27.3 Å². The van der Waals surface area contributed by atoms with Gasteiger partial charge in [-0.2, -0.15) is 0 Å². The van der Waals surface area contributed by atoms with Crippen LogP contribution in [0, 0.1) is 17.8 Å². The summed E-state index contributed by atoms with van der Waals surface area (Å²) >= 11 is 0. The lowest BCUT2D eigenvalue weighted by Crippen LogP contribution is -2.49. The number of fused-ring (bicyclic) bond motifs is 8. The standard InChI is InChI=1S/C50H56N4O7/c1-27(55)59-26-37-34-12-13-35-44-31(20-33(56)22-41(44)58-3)24-50-18-17-28(23-50)19-29-11-16-43(51)54-38(29)10-6-7-30-21-40(57)47-36(45(30)48(37)61-49(34)46(35)50)14-15-39(42(60-47)25-52-2)53-32-8-4-5-9-32/h11-16,20-22,28,32,37,39,42-43,48,52-54,56-57H,4-5,7-9,17-19,23-26,51H2,1-3H3/t28-,37-,39-,42-,43?,48-,50-/m0/s1. The van der Waals surface area contributed by atoms with E-state index in [1.807, 2.05) is 19.2 Å². The van der Waals surface area contributed by atoms with Crippen molar-refractivity contribution in [3.05, 3.63) is 93.2 Å². The van der Waals surface area contributed by atoms with Gasteiger partial charge < -0.3 is 50.8 Å². The highest BCUT2D eigenvalue weighted by atomic mass is 16.5. The number of phenols is 2. The zero-order valence-electron chi connectivity index (χ0n) is 35.2. The number of carbonyl (C=O) groups excluding carboxylic acids is 1. The van der Waals surface area contributed by atoms with Crippen molar-refractivity contribution >= 4 is 12.0 Å². The van der Waals surface area contributed by atoms with Crippen LogP contribution in [0.3, 0.4) is 0 Å². The lowest BCUT2D eigenvalue weighted by molar-refractivity contribution is -0.141. The van der Waals surface area contributed by atoms with Crippen LogP contribution in [0.15, 0.2) is 59.8 Å². The maximum absolute atomic E-state index is 12.6. The van der Waals surface area contributed by atoms with Crippen LogP contribution in [0.5, 0.6) is 28.7 Å². The number of benzene rings is 3. The van der Waals surface area contributed by atoms with Crippen LogP contribution in [0.25, 0.3) is 17.2 Å². The summed E-state index contributed by atoms with van der Waals surface area (Å²) in [6, 6.07) is 9.95. The molecule has 10 rings (SSSR count). The number of phenolic OH excluding ortho intramolecular Hbond substituents is 2. The van der Waals surface area contributed by atoms with Gasteiger partial charge in [0.25, 0.3) is 0 Å². The van der Waals surface area contributed by atoms with Crippen molar-refractivity contribution in [2.45, 2.75) is 113 Å². The number of nitrogens with two attached hydrogens (primary N) is 1. The molecule has 4 aliphatic heterocycles. The van der Waals surface area contributed by atoms with Crippen LogP contribution in [0.2, 0.25) is 0 Å². The fourth-order valence-corrected chi connectivity index (χ4v) is 11.7. The topological polar surface area (TPSA) is 157 Å². The summed E-state index contributed by atoms with van der Waals surface area (Å²) in [7, 11) is 3.56. The van der Waals surface area contributed by atoms with E-state index in [9.17, 15) is 15.0 Å². The Morgan fingerprint density at radius 1 is 1.07 bits per heavy atom. The van der Waals surface area contributed by atoms with Gasteiger partial charge >= 0.3 is 5.97 Å². The summed E-state index contributed by atoms with van der Waals surface area (Å²) in [4.78, 5) is 12.6. The van der Waals surface area contributed by atoms with E-state index < -0.39 is 6.10 Å². The second kappa shape index (κ2) is 15.8. The molecule has 0 saturated heterocycles. The summed E-state index contributed by atoms with van der Waals surface area (Å²) in [5, 5.41) is 33.6. The highest BCUT2D eigenvalue weighted by Gasteiger charge is 2.51. The SMILES string of the molecule is CNC[C@@H]1Oc2c(O)cc3c(c2C=C[C@@H]1NC1CCCC1)[C@H]1Oc2c(ccc4c2[C@]2(CC[C@@H](CC5=C(C#CC3)NC(N)C=C5)C2)Cc2cc(O)cc(OC)c2-4)[C@@H]1COC(C)=O. The Morgan fingerprint density at radius 3 is 2.72 bits per heavy atom. The zero-order chi connectivity index (χ0) is 42.0. The molecule has 7 N–H and O–H groups in total. The number of ether oxygens (including phenoxy) is 4. The van der Waals surface area contributed by atoms with Gasteiger partial charge in [0, 0.05) is 65.2 Å². The van der Waals surface area contributed by atoms with Gasteiger partial charge in [0.1, 0.15) is 36.1 Å². The fourth-order valence-electron chi connectivity index (χ4n) is 11.7. The Labute approximate surface area is 357 Å². The van der Waals surface area contributed by atoms with Crippen molar-refractivity contribution in [2.24, 2.45) is 11.7 Å². The minimum absolute atomic E-state index is 0.0361. The first-order chi connectivity index (χ1) is 29.6. The molecule has 11 heteroatoms. The second-order valence-electron chi connectivity index (χ2n) is 18.2. The van der Waals surface area contributed by atoms with E-state index in [2.05, 4.69) is 58.2 Å². The molecule has 7 aliphatic rings. The normalized spacial score (nSPS) is 28.0. The summed E-state index contributed by atoms with van der Waals surface area (Å²) in [5.74, 6) is 8.57. The van der Waals surface area contributed by atoms with E-state index in [4.69, 9.17) is 24.7 Å². The third kappa shape index (κ3) is 7.03. The number of dihydropyridines is 1.